The van der Waals surface area contributed by atoms with Gasteiger partial charge in [0.05, 0.1) is 12.8 Å². The Hall–Kier alpha value is -2.41. The van der Waals surface area contributed by atoms with Crippen molar-refractivity contribution in [1.82, 2.24) is 10.3 Å². The fourth-order valence-corrected chi connectivity index (χ4v) is 2.94. The molecule has 7 heteroatoms. The summed E-state index contributed by atoms with van der Waals surface area (Å²) in [5, 5.41) is 7.94. The number of carbonyl (C=O) groups excluding carboxylic acids is 2. The molecule has 0 bridgehead atoms. The maximum absolute atomic E-state index is 12.0. The molecule has 0 aliphatic rings. The minimum atomic E-state index is -0.465. The van der Waals surface area contributed by atoms with E-state index in [0.717, 1.165) is 22.6 Å². The van der Waals surface area contributed by atoms with Crippen molar-refractivity contribution in [2.75, 3.05) is 19.0 Å². The van der Waals surface area contributed by atoms with E-state index in [1.54, 1.807) is 7.11 Å². The number of rotatable bonds is 6. The largest absolute Gasteiger partial charge is 0.496 e. The highest BCUT2D eigenvalue weighted by atomic mass is 32.1. The van der Waals surface area contributed by atoms with Crippen LogP contribution in [0.3, 0.4) is 0 Å². The molecule has 0 spiro atoms. The average molecular weight is 375 g/mol. The highest BCUT2D eigenvalue weighted by Gasteiger charge is 2.20. The number of carbonyl (C=O) groups is 2. The number of amides is 2. The lowest BCUT2D eigenvalue weighted by atomic mass is 9.96. The van der Waals surface area contributed by atoms with Crippen molar-refractivity contribution >= 4 is 28.3 Å². The first kappa shape index (κ1) is 19.9. The lowest BCUT2D eigenvalue weighted by Gasteiger charge is -2.17. The van der Waals surface area contributed by atoms with Gasteiger partial charge in [-0.05, 0) is 19.1 Å². The predicted octanol–water partition coefficient (Wildman–Crippen LogP) is 3.62. The molecule has 26 heavy (non-hydrogen) atoms. The number of hydrogen-bond acceptors (Lipinski definition) is 5. The molecule has 1 aromatic carbocycles. The highest BCUT2D eigenvalue weighted by Crippen LogP contribution is 2.32. The third-order valence-corrected chi connectivity index (χ3v) is 4.46. The van der Waals surface area contributed by atoms with Crippen LogP contribution in [0.25, 0.3) is 11.3 Å². The zero-order valence-corrected chi connectivity index (χ0v) is 16.6. The van der Waals surface area contributed by atoms with Crippen molar-refractivity contribution in [2.24, 2.45) is 5.41 Å². The van der Waals surface area contributed by atoms with Crippen LogP contribution in [0.2, 0.25) is 0 Å². The Labute approximate surface area is 158 Å². The van der Waals surface area contributed by atoms with E-state index in [1.807, 2.05) is 51.3 Å². The van der Waals surface area contributed by atoms with Crippen LogP contribution in [0.15, 0.2) is 23.6 Å². The predicted molar refractivity (Wildman–Crippen MR) is 105 cm³/mol. The number of benzene rings is 1. The lowest BCUT2D eigenvalue weighted by molar-refractivity contribution is -0.128. The molecule has 0 aliphatic carbocycles. The van der Waals surface area contributed by atoms with E-state index in [9.17, 15) is 9.59 Å². The Balaban J connectivity index is 1.95. The second-order valence-corrected chi connectivity index (χ2v) is 7.90. The molecule has 1 aromatic heterocycles. The summed E-state index contributed by atoms with van der Waals surface area (Å²) in [6, 6.07) is 5.88. The Morgan fingerprint density at radius 2 is 2.00 bits per heavy atom. The monoisotopic (exact) mass is 375 g/mol. The van der Waals surface area contributed by atoms with Gasteiger partial charge in [0.15, 0.2) is 5.13 Å². The third-order valence-electron chi connectivity index (χ3n) is 3.70. The molecule has 2 N–H and O–H groups in total. The summed E-state index contributed by atoms with van der Waals surface area (Å²) < 4.78 is 5.39. The van der Waals surface area contributed by atoms with E-state index in [1.165, 1.54) is 11.3 Å². The van der Waals surface area contributed by atoms with Crippen LogP contribution in [0.1, 0.15) is 32.8 Å². The maximum Gasteiger partial charge on any atom is 0.227 e. The van der Waals surface area contributed by atoms with Crippen LogP contribution < -0.4 is 15.4 Å². The smallest absolute Gasteiger partial charge is 0.227 e. The molecule has 140 valence electrons. The van der Waals surface area contributed by atoms with Gasteiger partial charge < -0.3 is 15.4 Å². The standard InChI is InChI=1S/C19H25N3O3S/c1-12-6-7-15(25-5)13(10-12)14-11-26-18(21-14)22-16(23)8-9-20-17(24)19(2,3)4/h6-7,10-11H,8-9H2,1-5H3,(H,20,24)(H,21,22,23). The van der Waals surface area contributed by atoms with E-state index in [4.69, 9.17) is 4.74 Å². The number of nitrogens with zero attached hydrogens (tertiary/aromatic N) is 1. The SMILES string of the molecule is COc1ccc(C)cc1-c1csc(NC(=O)CCNC(=O)C(C)(C)C)n1. The summed E-state index contributed by atoms with van der Waals surface area (Å²) >= 11 is 1.36. The zero-order chi connectivity index (χ0) is 19.3. The van der Waals surface area contributed by atoms with E-state index in [-0.39, 0.29) is 18.2 Å². The minimum absolute atomic E-state index is 0.0756. The normalized spacial score (nSPS) is 11.1. The van der Waals surface area contributed by atoms with Crippen molar-refractivity contribution in [3.05, 3.63) is 29.1 Å². The van der Waals surface area contributed by atoms with Crippen LogP contribution in [-0.4, -0.2) is 30.5 Å². The molecular formula is C19H25N3O3S. The van der Waals surface area contributed by atoms with Gasteiger partial charge in [-0.3, -0.25) is 9.59 Å². The average Bonchev–Trinajstić information content (AvgIpc) is 3.02. The van der Waals surface area contributed by atoms with E-state index >= 15 is 0 Å². The fraction of sp³-hybridized carbons (Fsp3) is 0.421. The second kappa shape index (κ2) is 8.31. The Morgan fingerprint density at radius 3 is 2.65 bits per heavy atom. The second-order valence-electron chi connectivity index (χ2n) is 7.05. The van der Waals surface area contributed by atoms with Gasteiger partial charge in [0, 0.05) is 29.3 Å². The van der Waals surface area contributed by atoms with Crippen molar-refractivity contribution in [1.29, 1.82) is 0 Å². The molecule has 1 heterocycles. The van der Waals surface area contributed by atoms with Crippen molar-refractivity contribution in [3.8, 4) is 17.0 Å². The highest BCUT2D eigenvalue weighted by molar-refractivity contribution is 7.14. The number of hydrogen-bond donors (Lipinski definition) is 2. The van der Waals surface area contributed by atoms with Gasteiger partial charge in [0.1, 0.15) is 5.75 Å². The van der Waals surface area contributed by atoms with Gasteiger partial charge in [0.2, 0.25) is 11.8 Å². The zero-order valence-electron chi connectivity index (χ0n) is 15.8. The van der Waals surface area contributed by atoms with Crippen molar-refractivity contribution < 1.29 is 14.3 Å². The molecule has 0 radical (unpaired) electrons. The summed E-state index contributed by atoms with van der Waals surface area (Å²) in [6.45, 7) is 7.80. The third kappa shape index (κ3) is 5.29. The quantitative estimate of drug-likeness (QED) is 0.808. The number of aryl methyl sites for hydroxylation is 1. The van der Waals surface area contributed by atoms with Gasteiger partial charge in [0.25, 0.3) is 0 Å². The Kier molecular flexibility index (Phi) is 6.37. The molecule has 2 rings (SSSR count). The number of nitrogens with one attached hydrogen (secondary N) is 2. The Morgan fingerprint density at radius 1 is 1.27 bits per heavy atom. The van der Waals surface area contributed by atoms with E-state index < -0.39 is 5.41 Å². The molecule has 0 fully saturated rings. The van der Waals surface area contributed by atoms with Crippen LogP contribution in [0.5, 0.6) is 5.75 Å². The maximum atomic E-state index is 12.0. The minimum Gasteiger partial charge on any atom is -0.496 e. The van der Waals surface area contributed by atoms with Gasteiger partial charge in [-0.15, -0.1) is 11.3 Å². The molecule has 0 saturated heterocycles. The number of anilines is 1. The number of ether oxygens (including phenoxy) is 1. The number of methoxy groups -OCH3 is 1. The van der Waals surface area contributed by atoms with Gasteiger partial charge in [-0.2, -0.15) is 0 Å². The number of aromatic nitrogens is 1. The summed E-state index contributed by atoms with van der Waals surface area (Å²) in [4.78, 5) is 28.3. The van der Waals surface area contributed by atoms with Gasteiger partial charge in [-0.1, -0.05) is 32.4 Å². The number of thiazole rings is 1. The van der Waals surface area contributed by atoms with Gasteiger partial charge >= 0.3 is 0 Å². The summed E-state index contributed by atoms with van der Waals surface area (Å²) in [5.41, 5.74) is 2.29. The molecule has 0 saturated carbocycles. The molecule has 2 amide bonds. The summed E-state index contributed by atoms with van der Waals surface area (Å²) in [6.07, 6.45) is 0.199. The fourth-order valence-electron chi connectivity index (χ4n) is 2.21. The lowest BCUT2D eigenvalue weighted by Crippen LogP contribution is -2.36. The van der Waals surface area contributed by atoms with Crippen LogP contribution >= 0.6 is 11.3 Å². The molecule has 0 atom stereocenters. The van der Waals surface area contributed by atoms with E-state index in [0.29, 0.717) is 11.7 Å². The molecule has 6 nitrogen and oxygen atoms in total. The first-order chi connectivity index (χ1) is 12.2. The van der Waals surface area contributed by atoms with Crippen LogP contribution in [-0.2, 0) is 9.59 Å². The van der Waals surface area contributed by atoms with Crippen LogP contribution in [0, 0.1) is 12.3 Å². The van der Waals surface area contributed by atoms with Crippen molar-refractivity contribution in [3.63, 3.8) is 0 Å². The van der Waals surface area contributed by atoms with Gasteiger partial charge in [-0.25, -0.2) is 4.98 Å². The topological polar surface area (TPSA) is 80.3 Å². The summed E-state index contributed by atoms with van der Waals surface area (Å²) in [5.74, 6) is 0.480. The molecule has 2 aromatic rings. The summed E-state index contributed by atoms with van der Waals surface area (Å²) in [7, 11) is 1.62. The molecule has 0 aliphatic heterocycles. The molecule has 0 unspecified atom stereocenters. The van der Waals surface area contributed by atoms with E-state index in [2.05, 4.69) is 15.6 Å². The first-order valence-electron chi connectivity index (χ1n) is 8.39. The van der Waals surface area contributed by atoms with Crippen molar-refractivity contribution in [2.45, 2.75) is 34.1 Å². The van der Waals surface area contributed by atoms with Crippen LogP contribution in [0.4, 0.5) is 5.13 Å². The first-order valence-corrected chi connectivity index (χ1v) is 9.27. The Bertz CT molecular complexity index is 794. The molecular weight excluding hydrogens is 350 g/mol.